The van der Waals surface area contributed by atoms with Crippen LogP contribution >= 0.6 is 11.3 Å². The van der Waals surface area contributed by atoms with Crippen molar-refractivity contribution in [2.75, 3.05) is 5.32 Å². The minimum atomic E-state index is -1.10. The van der Waals surface area contributed by atoms with Gasteiger partial charge in [0.05, 0.1) is 17.4 Å². The molecule has 0 fully saturated rings. The molecule has 2 aromatic heterocycles. The third kappa shape index (κ3) is 2.14. The Morgan fingerprint density at radius 2 is 2.20 bits per heavy atom. The van der Waals surface area contributed by atoms with Crippen molar-refractivity contribution >= 4 is 33.3 Å². The fourth-order valence-electron chi connectivity index (χ4n) is 2.68. The number of nitrogens with zero attached hydrogens (tertiary/aromatic N) is 2. The van der Waals surface area contributed by atoms with E-state index in [2.05, 4.69) is 15.3 Å². The highest BCUT2D eigenvalue weighted by Gasteiger charge is 2.23. The first-order chi connectivity index (χ1) is 9.58. The van der Waals surface area contributed by atoms with E-state index in [4.69, 9.17) is 0 Å². The fraction of sp³-hybridized carbons (Fsp3) is 0.500. The van der Waals surface area contributed by atoms with Crippen LogP contribution in [0.3, 0.4) is 0 Å². The lowest BCUT2D eigenvalue weighted by molar-refractivity contribution is -0.307. The van der Waals surface area contributed by atoms with Crippen molar-refractivity contribution in [3.05, 3.63) is 16.8 Å². The van der Waals surface area contributed by atoms with Crippen molar-refractivity contribution in [1.29, 1.82) is 0 Å². The summed E-state index contributed by atoms with van der Waals surface area (Å²) in [5.74, 6) is -0.548. The van der Waals surface area contributed by atoms with Crippen LogP contribution in [0.15, 0.2) is 6.33 Å². The lowest BCUT2D eigenvalue weighted by Gasteiger charge is -2.24. The lowest BCUT2D eigenvalue weighted by atomic mass is 10.0. The zero-order valence-electron chi connectivity index (χ0n) is 11.5. The van der Waals surface area contributed by atoms with Gasteiger partial charge in [-0.3, -0.25) is 0 Å². The molecule has 0 unspecified atom stereocenters. The molecule has 2 aromatic rings. The van der Waals surface area contributed by atoms with Crippen molar-refractivity contribution < 1.29 is 9.90 Å². The maximum Gasteiger partial charge on any atom is 0.138 e. The molecule has 1 aliphatic carbocycles. The summed E-state index contributed by atoms with van der Waals surface area (Å²) in [6, 6.07) is -0.745. The van der Waals surface area contributed by atoms with Crippen LogP contribution in [0.25, 0.3) is 10.2 Å². The Bertz CT molecular complexity index is 666. The first kappa shape index (κ1) is 13.3. The number of hydrogen-bond acceptors (Lipinski definition) is 6. The Balaban J connectivity index is 2.05. The predicted octanol–water partition coefficient (Wildman–Crippen LogP) is 1.37. The fourth-order valence-corrected chi connectivity index (χ4v) is 3.91. The van der Waals surface area contributed by atoms with E-state index in [1.54, 1.807) is 11.3 Å². The average molecular weight is 290 g/mol. The van der Waals surface area contributed by atoms with E-state index < -0.39 is 12.0 Å². The van der Waals surface area contributed by atoms with Crippen LogP contribution in [0, 0.1) is 5.92 Å². The van der Waals surface area contributed by atoms with E-state index in [0.717, 1.165) is 29.5 Å². The van der Waals surface area contributed by atoms with Crippen LogP contribution < -0.4 is 10.4 Å². The van der Waals surface area contributed by atoms with Crippen molar-refractivity contribution in [3.8, 4) is 0 Å². The molecular weight excluding hydrogens is 274 g/mol. The van der Waals surface area contributed by atoms with E-state index in [1.165, 1.54) is 16.8 Å². The Morgan fingerprint density at radius 3 is 2.90 bits per heavy atom. The van der Waals surface area contributed by atoms with Crippen molar-refractivity contribution in [2.45, 2.75) is 39.2 Å². The second-order valence-electron chi connectivity index (χ2n) is 5.44. The zero-order valence-corrected chi connectivity index (χ0v) is 12.3. The number of rotatable bonds is 4. The largest absolute Gasteiger partial charge is 0.548 e. The predicted molar refractivity (Wildman–Crippen MR) is 76.7 cm³/mol. The molecule has 0 bridgehead atoms. The Hall–Kier alpha value is -1.69. The number of carboxylic acids is 1. The minimum absolute atomic E-state index is 0.0725. The molecule has 0 saturated carbocycles. The van der Waals surface area contributed by atoms with Gasteiger partial charge in [0.1, 0.15) is 17.0 Å². The van der Waals surface area contributed by atoms with Crippen LogP contribution in [-0.2, 0) is 17.6 Å². The standard InChI is InChI=1S/C14H17N3O2S/c1-7(2)11(14(18)19)17-12-10-8-4-3-5-9(8)20-13(10)16-6-15-12/h6-7,11H,3-5H2,1-2H3,(H,18,19)(H,15,16,17)/p-1/t11-/m0/s1. The number of carboxylic acid groups (broad SMARTS) is 1. The quantitative estimate of drug-likeness (QED) is 0.920. The third-order valence-corrected chi connectivity index (χ3v) is 4.91. The summed E-state index contributed by atoms with van der Waals surface area (Å²) < 4.78 is 0. The molecule has 0 aliphatic heterocycles. The van der Waals surface area contributed by atoms with Gasteiger partial charge in [-0.2, -0.15) is 0 Å². The smallest absolute Gasteiger partial charge is 0.138 e. The number of hydrogen-bond donors (Lipinski definition) is 1. The summed E-state index contributed by atoms with van der Waals surface area (Å²) in [4.78, 5) is 22.1. The second-order valence-corrected chi connectivity index (χ2v) is 6.53. The Kier molecular flexibility index (Phi) is 3.33. The van der Waals surface area contributed by atoms with Crippen molar-refractivity contribution in [3.63, 3.8) is 0 Å². The lowest BCUT2D eigenvalue weighted by Crippen LogP contribution is -2.44. The van der Waals surface area contributed by atoms with Gasteiger partial charge in [-0.05, 0) is 30.7 Å². The highest BCUT2D eigenvalue weighted by Crippen LogP contribution is 2.39. The van der Waals surface area contributed by atoms with E-state index in [9.17, 15) is 9.90 Å². The van der Waals surface area contributed by atoms with Gasteiger partial charge >= 0.3 is 0 Å². The molecule has 20 heavy (non-hydrogen) atoms. The number of nitrogens with one attached hydrogen (secondary N) is 1. The first-order valence-electron chi connectivity index (χ1n) is 6.80. The maximum absolute atomic E-state index is 11.2. The number of aromatic nitrogens is 2. The van der Waals surface area contributed by atoms with Gasteiger partial charge < -0.3 is 15.2 Å². The number of carbonyl (C=O) groups is 1. The molecule has 1 N–H and O–H groups in total. The highest BCUT2D eigenvalue weighted by atomic mass is 32.1. The van der Waals surface area contributed by atoms with Gasteiger partial charge in [-0.1, -0.05) is 13.8 Å². The Morgan fingerprint density at radius 1 is 1.40 bits per heavy atom. The maximum atomic E-state index is 11.2. The molecule has 0 amide bonds. The molecule has 5 nitrogen and oxygen atoms in total. The van der Waals surface area contributed by atoms with Gasteiger partial charge in [0.15, 0.2) is 0 Å². The van der Waals surface area contributed by atoms with Crippen LogP contribution in [0.2, 0.25) is 0 Å². The molecule has 2 heterocycles. The van der Waals surface area contributed by atoms with Gasteiger partial charge in [0.2, 0.25) is 0 Å². The first-order valence-corrected chi connectivity index (χ1v) is 7.62. The summed E-state index contributed by atoms with van der Waals surface area (Å²) in [5, 5.41) is 15.3. The number of fused-ring (bicyclic) bond motifs is 3. The molecule has 1 atom stereocenters. The number of carbonyl (C=O) groups excluding carboxylic acids is 1. The molecule has 3 rings (SSSR count). The molecule has 0 spiro atoms. The highest BCUT2D eigenvalue weighted by molar-refractivity contribution is 7.19. The van der Waals surface area contributed by atoms with Gasteiger partial charge in [0.25, 0.3) is 0 Å². The molecule has 0 radical (unpaired) electrons. The SMILES string of the molecule is CC(C)[C@H](Nc1ncnc2sc3c(c12)CCC3)C(=O)[O-]. The minimum Gasteiger partial charge on any atom is -0.548 e. The number of aryl methyl sites for hydroxylation is 2. The van der Waals surface area contributed by atoms with Crippen LogP contribution in [-0.4, -0.2) is 22.0 Å². The molecule has 0 aromatic carbocycles. The van der Waals surface area contributed by atoms with E-state index >= 15 is 0 Å². The second kappa shape index (κ2) is 5.01. The van der Waals surface area contributed by atoms with Crippen LogP contribution in [0.5, 0.6) is 0 Å². The normalized spacial score (nSPS) is 15.6. The van der Waals surface area contributed by atoms with Crippen molar-refractivity contribution in [2.24, 2.45) is 5.92 Å². The zero-order chi connectivity index (χ0) is 14.3. The topological polar surface area (TPSA) is 77.9 Å². The van der Waals surface area contributed by atoms with Crippen LogP contribution in [0.1, 0.15) is 30.7 Å². The molecule has 106 valence electrons. The van der Waals surface area contributed by atoms with E-state index in [1.807, 2.05) is 13.8 Å². The monoisotopic (exact) mass is 290 g/mol. The number of anilines is 1. The Labute approximate surface area is 121 Å². The summed E-state index contributed by atoms with van der Waals surface area (Å²) in [7, 11) is 0. The summed E-state index contributed by atoms with van der Waals surface area (Å²) in [6.45, 7) is 3.70. The number of thiophene rings is 1. The summed E-state index contributed by atoms with van der Waals surface area (Å²) >= 11 is 1.69. The third-order valence-electron chi connectivity index (χ3n) is 3.71. The number of aliphatic carboxylic acids is 1. The summed E-state index contributed by atoms with van der Waals surface area (Å²) in [5.41, 5.74) is 1.29. The summed E-state index contributed by atoms with van der Waals surface area (Å²) in [6.07, 6.45) is 4.75. The van der Waals surface area contributed by atoms with Gasteiger partial charge in [-0.25, -0.2) is 9.97 Å². The van der Waals surface area contributed by atoms with E-state index in [-0.39, 0.29) is 5.92 Å². The van der Waals surface area contributed by atoms with E-state index in [0.29, 0.717) is 5.82 Å². The van der Waals surface area contributed by atoms with Gasteiger partial charge in [-0.15, -0.1) is 11.3 Å². The molecule has 1 aliphatic rings. The van der Waals surface area contributed by atoms with Crippen molar-refractivity contribution in [1.82, 2.24) is 9.97 Å². The van der Waals surface area contributed by atoms with Gasteiger partial charge in [0, 0.05) is 4.88 Å². The average Bonchev–Trinajstić information content (AvgIpc) is 2.94. The molecule has 0 saturated heterocycles. The molecular formula is C14H16N3O2S-. The molecule has 6 heteroatoms. The van der Waals surface area contributed by atoms with Crippen LogP contribution in [0.4, 0.5) is 5.82 Å².